The lowest BCUT2D eigenvalue weighted by Crippen LogP contribution is -2.50. The van der Waals surface area contributed by atoms with Gasteiger partial charge in [-0.25, -0.2) is 0 Å². The fraction of sp³-hybridized carbons (Fsp3) is 0.833. The SMILES string of the molecule is NC(CC(=O)O)C(=O)NC1CCN(C2CC2)CC1. The van der Waals surface area contributed by atoms with Crippen LogP contribution in [0.5, 0.6) is 0 Å². The Morgan fingerprint density at radius 1 is 1.28 bits per heavy atom. The van der Waals surface area contributed by atoms with E-state index in [0.29, 0.717) is 0 Å². The second kappa shape index (κ2) is 5.67. The van der Waals surface area contributed by atoms with Crippen LogP contribution in [-0.2, 0) is 9.59 Å². The van der Waals surface area contributed by atoms with Gasteiger partial charge in [0.15, 0.2) is 0 Å². The largest absolute Gasteiger partial charge is 0.481 e. The van der Waals surface area contributed by atoms with Crippen molar-refractivity contribution in [3.8, 4) is 0 Å². The minimum absolute atomic E-state index is 0.146. The highest BCUT2D eigenvalue weighted by molar-refractivity contribution is 5.86. The summed E-state index contributed by atoms with van der Waals surface area (Å²) < 4.78 is 0. The van der Waals surface area contributed by atoms with Gasteiger partial charge in [-0.3, -0.25) is 9.59 Å². The average Bonchev–Trinajstić information content (AvgIpc) is 3.13. The molecule has 0 aromatic carbocycles. The number of piperidine rings is 1. The van der Waals surface area contributed by atoms with Crippen molar-refractivity contribution in [1.29, 1.82) is 0 Å². The van der Waals surface area contributed by atoms with Gasteiger partial charge in [0.2, 0.25) is 5.91 Å². The predicted octanol–water partition coefficient (Wildman–Crippen LogP) is -0.469. The molecule has 1 amide bonds. The van der Waals surface area contributed by atoms with E-state index in [1.807, 2.05) is 0 Å². The first-order valence-corrected chi connectivity index (χ1v) is 6.58. The third kappa shape index (κ3) is 3.68. The molecule has 0 radical (unpaired) electrons. The Bertz CT molecular complexity index is 323. The monoisotopic (exact) mass is 255 g/mol. The molecular weight excluding hydrogens is 234 g/mol. The molecule has 2 rings (SSSR count). The van der Waals surface area contributed by atoms with E-state index in [1.165, 1.54) is 12.8 Å². The molecule has 1 aliphatic carbocycles. The number of amides is 1. The van der Waals surface area contributed by atoms with E-state index in [0.717, 1.165) is 32.0 Å². The van der Waals surface area contributed by atoms with Gasteiger partial charge < -0.3 is 21.1 Å². The number of carbonyl (C=O) groups is 2. The van der Waals surface area contributed by atoms with Crippen molar-refractivity contribution in [3.63, 3.8) is 0 Å². The van der Waals surface area contributed by atoms with Gasteiger partial charge in [-0.15, -0.1) is 0 Å². The van der Waals surface area contributed by atoms with Crippen molar-refractivity contribution in [3.05, 3.63) is 0 Å². The third-order valence-electron chi connectivity index (χ3n) is 3.67. The zero-order chi connectivity index (χ0) is 13.1. The highest BCUT2D eigenvalue weighted by Crippen LogP contribution is 2.29. The maximum absolute atomic E-state index is 11.7. The number of nitrogens with two attached hydrogens (primary N) is 1. The minimum Gasteiger partial charge on any atom is -0.481 e. The average molecular weight is 255 g/mol. The van der Waals surface area contributed by atoms with Gasteiger partial charge in [-0.05, 0) is 25.7 Å². The third-order valence-corrected chi connectivity index (χ3v) is 3.67. The molecular formula is C12H21N3O3. The Morgan fingerprint density at radius 3 is 2.39 bits per heavy atom. The van der Waals surface area contributed by atoms with Gasteiger partial charge in [0, 0.05) is 25.2 Å². The number of carboxylic acids is 1. The van der Waals surface area contributed by atoms with E-state index in [2.05, 4.69) is 10.2 Å². The van der Waals surface area contributed by atoms with Gasteiger partial charge in [0.25, 0.3) is 0 Å². The number of nitrogens with one attached hydrogen (secondary N) is 1. The normalized spacial score (nSPS) is 23.6. The van der Waals surface area contributed by atoms with Crippen molar-refractivity contribution in [2.75, 3.05) is 13.1 Å². The Kier molecular flexibility index (Phi) is 4.19. The van der Waals surface area contributed by atoms with Crippen LogP contribution in [0.25, 0.3) is 0 Å². The van der Waals surface area contributed by atoms with Crippen LogP contribution in [0.15, 0.2) is 0 Å². The second-order valence-electron chi connectivity index (χ2n) is 5.25. The van der Waals surface area contributed by atoms with E-state index in [1.54, 1.807) is 0 Å². The van der Waals surface area contributed by atoms with Gasteiger partial charge >= 0.3 is 5.97 Å². The molecule has 1 saturated carbocycles. The van der Waals surface area contributed by atoms with E-state index in [9.17, 15) is 9.59 Å². The number of hydrogen-bond donors (Lipinski definition) is 3. The smallest absolute Gasteiger partial charge is 0.305 e. The number of nitrogens with zero attached hydrogens (tertiary/aromatic N) is 1. The number of carboxylic acid groups (broad SMARTS) is 1. The predicted molar refractivity (Wildman–Crippen MR) is 66.0 cm³/mol. The van der Waals surface area contributed by atoms with E-state index < -0.39 is 12.0 Å². The quantitative estimate of drug-likeness (QED) is 0.617. The van der Waals surface area contributed by atoms with Gasteiger partial charge in [0.05, 0.1) is 12.5 Å². The minimum atomic E-state index is -1.04. The Labute approximate surface area is 107 Å². The molecule has 4 N–H and O–H groups in total. The second-order valence-corrected chi connectivity index (χ2v) is 5.25. The first-order chi connectivity index (χ1) is 8.56. The topological polar surface area (TPSA) is 95.7 Å². The van der Waals surface area contributed by atoms with Crippen molar-refractivity contribution in [2.24, 2.45) is 5.73 Å². The molecule has 1 atom stereocenters. The van der Waals surface area contributed by atoms with Crippen LogP contribution in [0.3, 0.4) is 0 Å². The lowest BCUT2D eigenvalue weighted by atomic mass is 10.0. The van der Waals surface area contributed by atoms with Crippen molar-refractivity contribution in [2.45, 2.75) is 50.2 Å². The van der Waals surface area contributed by atoms with Crippen LogP contribution < -0.4 is 11.1 Å². The Morgan fingerprint density at radius 2 is 1.89 bits per heavy atom. The van der Waals surface area contributed by atoms with Crippen LogP contribution >= 0.6 is 0 Å². The molecule has 18 heavy (non-hydrogen) atoms. The summed E-state index contributed by atoms with van der Waals surface area (Å²) in [5.41, 5.74) is 5.52. The molecule has 0 bridgehead atoms. The van der Waals surface area contributed by atoms with E-state index in [4.69, 9.17) is 10.8 Å². The van der Waals surface area contributed by atoms with Crippen LogP contribution in [-0.4, -0.2) is 53.1 Å². The summed E-state index contributed by atoms with van der Waals surface area (Å²) in [6.07, 6.45) is 4.16. The number of aliphatic carboxylic acids is 1. The zero-order valence-corrected chi connectivity index (χ0v) is 10.5. The van der Waals surface area contributed by atoms with Crippen LogP contribution in [0.1, 0.15) is 32.1 Å². The Balaban J connectivity index is 1.70. The summed E-state index contributed by atoms with van der Waals surface area (Å²) in [5, 5.41) is 11.4. The van der Waals surface area contributed by atoms with Gasteiger partial charge in [-0.2, -0.15) is 0 Å². The maximum Gasteiger partial charge on any atom is 0.305 e. The maximum atomic E-state index is 11.7. The summed E-state index contributed by atoms with van der Waals surface area (Å²) in [6, 6.07) is -0.0211. The molecule has 102 valence electrons. The molecule has 1 heterocycles. The van der Waals surface area contributed by atoms with Crippen molar-refractivity contribution < 1.29 is 14.7 Å². The van der Waals surface area contributed by atoms with Crippen molar-refractivity contribution in [1.82, 2.24) is 10.2 Å². The molecule has 1 unspecified atom stereocenters. The lowest BCUT2D eigenvalue weighted by Gasteiger charge is -2.32. The molecule has 0 aromatic rings. The molecule has 1 aliphatic heterocycles. The van der Waals surface area contributed by atoms with E-state index >= 15 is 0 Å². The molecule has 6 nitrogen and oxygen atoms in total. The van der Waals surface area contributed by atoms with E-state index in [-0.39, 0.29) is 18.4 Å². The summed E-state index contributed by atoms with van der Waals surface area (Å²) >= 11 is 0. The summed E-state index contributed by atoms with van der Waals surface area (Å²) in [5.74, 6) is -1.39. The molecule has 6 heteroatoms. The fourth-order valence-electron chi connectivity index (χ4n) is 2.44. The standard InChI is InChI=1S/C12H21N3O3/c13-10(7-11(16)17)12(18)14-8-3-5-15(6-4-8)9-1-2-9/h8-10H,1-7,13H2,(H,14,18)(H,16,17). The number of carbonyl (C=O) groups excluding carboxylic acids is 1. The fourth-order valence-corrected chi connectivity index (χ4v) is 2.44. The number of likely N-dealkylation sites (tertiary alicyclic amines) is 1. The molecule has 2 fully saturated rings. The van der Waals surface area contributed by atoms with Gasteiger partial charge in [0.1, 0.15) is 0 Å². The molecule has 1 saturated heterocycles. The van der Waals surface area contributed by atoms with Crippen molar-refractivity contribution >= 4 is 11.9 Å². The van der Waals surface area contributed by atoms with Gasteiger partial charge in [-0.1, -0.05) is 0 Å². The highest BCUT2D eigenvalue weighted by Gasteiger charge is 2.32. The van der Waals surface area contributed by atoms with Crippen LogP contribution in [0.4, 0.5) is 0 Å². The zero-order valence-electron chi connectivity index (χ0n) is 10.5. The Hall–Kier alpha value is -1.14. The first kappa shape index (κ1) is 13.3. The summed E-state index contributed by atoms with van der Waals surface area (Å²) in [7, 11) is 0. The lowest BCUT2D eigenvalue weighted by molar-refractivity contribution is -0.139. The van der Waals surface area contributed by atoms with Crippen LogP contribution in [0.2, 0.25) is 0 Å². The highest BCUT2D eigenvalue weighted by atomic mass is 16.4. The molecule has 2 aliphatic rings. The first-order valence-electron chi connectivity index (χ1n) is 6.58. The number of hydrogen-bond acceptors (Lipinski definition) is 4. The molecule has 0 spiro atoms. The summed E-state index contributed by atoms with van der Waals surface area (Å²) in [6.45, 7) is 2.04. The molecule has 0 aromatic heterocycles. The summed E-state index contributed by atoms with van der Waals surface area (Å²) in [4.78, 5) is 24.6. The van der Waals surface area contributed by atoms with Crippen LogP contribution in [0, 0.1) is 0 Å². The number of rotatable bonds is 5.